The number of imidazole rings is 1. The summed E-state index contributed by atoms with van der Waals surface area (Å²) in [6, 6.07) is 4.00. The molecule has 68 valence electrons. The minimum Gasteiger partial charge on any atom is -0.348 e. The Labute approximate surface area is 82.7 Å². The molecule has 0 aromatic carbocycles. The highest BCUT2D eigenvalue weighted by Crippen LogP contribution is 2.03. The van der Waals surface area contributed by atoms with E-state index in [0.717, 1.165) is 12.1 Å². The van der Waals surface area contributed by atoms with Crippen LogP contribution in [0.4, 0.5) is 0 Å². The van der Waals surface area contributed by atoms with Gasteiger partial charge in [0.2, 0.25) is 0 Å². The summed E-state index contributed by atoms with van der Waals surface area (Å²) in [5, 5.41) is 0. The maximum atomic E-state index is 3.95. The Kier molecular flexibility index (Phi) is 3.46. The molecule has 0 fully saturated rings. The van der Waals surface area contributed by atoms with Crippen molar-refractivity contribution in [2.24, 2.45) is 0 Å². The number of pyridine rings is 1. The SMILES string of the molecule is Cl.c1cc(Cc2cnc[nH]2)ccn1. The molecule has 1 N–H and O–H groups in total. The van der Waals surface area contributed by atoms with Crippen LogP contribution in [0, 0.1) is 0 Å². The molecule has 0 spiro atoms. The number of rotatable bonds is 2. The first-order valence-electron chi connectivity index (χ1n) is 3.81. The van der Waals surface area contributed by atoms with Crippen molar-refractivity contribution >= 4 is 12.4 Å². The van der Waals surface area contributed by atoms with E-state index in [1.807, 2.05) is 18.3 Å². The van der Waals surface area contributed by atoms with E-state index in [2.05, 4.69) is 15.0 Å². The summed E-state index contributed by atoms with van der Waals surface area (Å²) >= 11 is 0. The van der Waals surface area contributed by atoms with Gasteiger partial charge in [-0.1, -0.05) is 0 Å². The lowest BCUT2D eigenvalue weighted by Gasteiger charge is -1.95. The fourth-order valence-corrected chi connectivity index (χ4v) is 1.10. The Hall–Kier alpha value is -1.35. The van der Waals surface area contributed by atoms with Crippen LogP contribution in [0.1, 0.15) is 11.3 Å². The Morgan fingerprint density at radius 1 is 1.15 bits per heavy atom. The van der Waals surface area contributed by atoms with Crippen LogP contribution in [0.25, 0.3) is 0 Å². The quantitative estimate of drug-likeness (QED) is 0.794. The molecule has 2 aromatic rings. The third kappa shape index (κ3) is 2.56. The van der Waals surface area contributed by atoms with Gasteiger partial charge in [-0.05, 0) is 17.7 Å². The van der Waals surface area contributed by atoms with Crippen LogP contribution in [-0.2, 0) is 6.42 Å². The highest BCUT2D eigenvalue weighted by molar-refractivity contribution is 5.85. The molecule has 13 heavy (non-hydrogen) atoms. The van der Waals surface area contributed by atoms with Gasteiger partial charge in [0, 0.05) is 30.7 Å². The Morgan fingerprint density at radius 2 is 1.92 bits per heavy atom. The lowest BCUT2D eigenvalue weighted by Crippen LogP contribution is -1.87. The zero-order valence-corrected chi connectivity index (χ0v) is 7.79. The predicted octanol–water partition coefficient (Wildman–Crippen LogP) is 1.82. The highest BCUT2D eigenvalue weighted by atomic mass is 35.5. The molecule has 4 heteroatoms. The summed E-state index contributed by atoms with van der Waals surface area (Å²) in [6.45, 7) is 0. The molecule has 0 atom stereocenters. The molecule has 0 aliphatic heterocycles. The Balaban J connectivity index is 0.000000845. The molecule has 3 nitrogen and oxygen atoms in total. The van der Waals surface area contributed by atoms with Gasteiger partial charge in [-0.2, -0.15) is 0 Å². The number of halogens is 1. The van der Waals surface area contributed by atoms with Crippen molar-refractivity contribution in [2.45, 2.75) is 6.42 Å². The van der Waals surface area contributed by atoms with Crippen LogP contribution in [0.3, 0.4) is 0 Å². The van der Waals surface area contributed by atoms with Crippen molar-refractivity contribution in [3.63, 3.8) is 0 Å². The van der Waals surface area contributed by atoms with E-state index in [4.69, 9.17) is 0 Å². The maximum Gasteiger partial charge on any atom is 0.0921 e. The molecule has 2 aromatic heterocycles. The lowest BCUT2D eigenvalue weighted by molar-refractivity contribution is 1.09. The van der Waals surface area contributed by atoms with Crippen molar-refractivity contribution in [1.82, 2.24) is 15.0 Å². The average Bonchev–Trinajstić information content (AvgIpc) is 2.59. The Morgan fingerprint density at radius 3 is 2.54 bits per heavy atom. The summed E-state index contributed by atoms with van der Waals surface area (Å²) in [6.07, 6.45) is 8.01. The number of H-pyrrole nitrogens is 1. The second kappa shape index (κ2) is 4.62. The summed E-state index contributed by atoms with van der Waals surface area (Å²) in [7, 11) is 0. The Bertz CT molecular complexity index is 331. The zero-order chi connectivity index (χ0) is 8.23. The van der Waals surface area contributed by atoms with Crippen molar-refractivity contribution in [3.8, 4) is 0 Å². The van der Waals surface area contributed by atoms with Gasteiger partial charge < -0.3 is 4.98 Å². The topological polar surface area (TPSA) is 41.6 Å². The second-order valence-electron chi connectivity index (χ2n) is 2.61. The summed E-state index contributed by atoms with van der Waals surface area (Å²) in [4.78, 5) is 11.0. The van der Waals surface area contributed by atoms with Gasteiger partial charge in [-0.15, -0.1) is 12.4 Å². The van der Waals surface area contributed by atoms with Gasteiger partial charge in [0.1, 0.15) is 0 Å². The third-order valence-corrected chi connectivity index (χ3v) is 1.70. The minimum absolute atomic E-state index is 0. The van der Waals surface area contributed by atoms with Gasteiger partial charge in [0.15, 0.2) is 0 Å². The average molecular weight is 196 g/mol. The van der Waals surface area contributed by atoms with Crippen LogP contribution < -0.4 is 0 Å². The third-order valence-electron chi connectivity index (χ3n) is 1.70. The molecular weight excluding hydrogens is 186 g/mol. The predicted molar refractivity (Wildman–Crippen MR) is 52.9 cm³/mol. The van der Waals surface area contributed by atoms with Gasteiger partial charge in [-0.25, -0.2) is 4.98 Å². The minimum atomic E-state index is 0. The smallest absolute Gasteiger partial charge is 0.0921 e. The monoisotopic (exact) mass is 195 g/mol. The molecular formula is C9H10ClN3. The van der Waals surface area contributed by atoms with E-state index in [0.29, 0.717) is 0 Å². The number of nitrogens with one attached hydrogen (secondary N) is 1. The summed E-state index contributed by atoms with van der Waals surface area (Å²) < 4.78 is 0. The molecule has 0 amide bonds. The number of hydrogen-bond donors (Lipinski definition) is 1. The largest absolute Gasteiger partial charge is 0.348 e. The molecule has 0 unspecified atom stereocenters. The van der Waals surface area contributed by atoms with E-state index < -0.39 is 0 Å². The summed E-state index contributed by atoms with van der Waals surface area (Å²) in [5.41, 5.74) is 2.37. The molecule has 0 saturated carbocycles. The van der Waals surface area contributed by atoms with Crippen LogP contribution in [0.15, 0.2) is 37.1 Å². The van der Waals surface area contributed by atoms with Crippen molar-refractivity contribution in [1.29, 1.82) is 0 Å². The van der Waals surface area contributed by atoms with Crippen LogP contribution in [0.5, 0.6) is 0 Å². The van der Waals surface area contributed by atoms with E-state index in [1.165, 1.54) is 5.56 Å². The van der Waals surface area contributed by atoms with Crippen molar-refractivity contribution < 1.29 is 0 Å². The first kappa shape index (κ1) is 9.74. The first-order chi connectivity index (χ1) is 5.95. The van der Waals surface area contributed by atoms with E-state index in [1.54, 1.807) is 18.7 Å². The van der Waals surface area contributed by atoms with E-state index in [9.17, 15) is 0 Å². The number of aromatic amines is 1. The van der Waals surface area contributed by atoms with Crippen LogP contribution >= 0.6 is 12.4 Å². The maximum absolute atomic E-state index is 3.95. The molecule has 0 aliphatic carbocycles. The fourth-order valence-electron chi connectivity index (χ4n) is 1.10. The van der Waals surface area contributed by atoms with Crippen LogP contribution in [0.2, 0.25) is 0 Å². The van der Waals surface area contributed by atoms with Crippen molar-refractivity contribution in [3.05, 3.63) is 48.3 Å². The van der Waals surface area contributed by atoms with Gasteiger partial charge in [0.25, 0.3) is 0 Å². The van der Waals surface area contributed by atoms with E-state index in [-0.39, 0.29) is 12.4 Å². The molecule has 0 saturated heterocycles. The second-order valence-corrected chi connectivity index (χ2v) is 2.61. The van der Waals surface area contributed by atoms with Gasteiger partial charge in [0.05, 0.1) is 6.33 Å². The number of aromatic nitrogens is 3. The van der Waals surface area contributed by atoms with Gasteiger partial charge in [-0.3, -0.25) is 4.98 Å². The lowest BCUT2D eigenvalue weighted by atomic mass is 10.2. The molecule has 0 aliphatic rings. The standard InChI is InChI=1S/C9H9N3.ClH/c1-3-10-4-2-8(1)5-9-6-11-7-12-9;/h1-4,6-7H,5H2,(H,11,12);1H. The fraction of sp³-hybridized carbons (Fsp3) is 0.111. The summed E-state index contributed by atoms with van der Waals surface area (Å²) in [5.74, 6) is 0. The first-order valence-corrected chi connectivity index (χ1v) is 3.81. The van der Waals surface area contributed by atoms with Crippen LogP contribution in [-0.4, -0.2) is 15.0 Å². The normalized spacial score (nSPS) is 9.23. The van der Waals surface area contributed by atoms with Gasteiger partial charge >= 0.3 is 0 Å². The molecule has 0 bridgehead atoms. The molecule has 2 rings (SSSR count). The number of hydrogen-bond acceptors (Lipinski definition) is 2. The number of nitrogens with zero attached hydrogens (tertiary/aromatic N) is 2. The molecule has 0 radical (unpaired) electrons. The molecule has 2 heterocycles. The van der Waals surface area contributed by atoms with E-state index >= 15 is 0 Å². The highest BCUT2D eigenvalue weighted by Gasteiger charge is 1.94. The van der Waals surface area contributed by atoms with Crippen molar-refractivity contribution in [2.75, 3.05) is 0 Å². The zero-order valence-electron chi connectivity index (χ0n) is 6.97.